The van der Waals surface area contributed by atoms with E-state index < -0.39 is 26.7 Å². The first-order valence-corrected chi connectivity index (χ1v) is 7.81. The fourth-order valence-electron chi connectivity index (χ4n) is 1.50. The summed E-state index contributed by atoms with van der Waals surface area (Å²) in [5.74, 6) is -2.31. The molecule has 106 valence electrons. The van der Waals surface area contributed by atoms with Crippen LogP contribution in [0.25, 0.3) is 0 Å². The van der Waals surface area contributed by atoms with Crippen molar-refractivity contribution in [3.05, 3.63) is 52.0 Å². The number of carbonyl (C=O) groups is 1. The summed E-state index contributed by atoms with van der Waals surface area (Å²) in [6.45, 7) is 0.0245. The summed E-state index contributed by atoms with van der Waals surface area (Å²) in [6.07, 6.45) is 0. The Balaban J connectivity index is 2.28. The van der Waals surface area contributed by atoms with E-state index >= 15 is 0 Å². The molecular weight excluding hydrogens is 305 g/mol. The van der Waals surface area contributed by atoms with Crippen molar-refractivity contribution in [2.24, 2.45) is 0 Å². The van der Waals surface area contributed by atoms with Gasteiger partial charge in [0.05, 0.1) is 5.56 Å². The lowest BCUT2D eigenvalue weighted by Gasteiger charge is -2.07. The lowest BCUT2D eigenvalue weighted by atomic mass is 10.2. The van der Waals surface area contributed by atoms with Gasteiger partial charge in [-0.15, -0.1) is 11.3 Å². The number of carboxylic acids is 1. The molecule has 0 aliphatic carbocycles. The zero-order valence-corrected chi connectivity index (χ0v) is 11.7. The normalized spacial score (nSPS) is 11.4. The van der Waals surface area contributed by atoms with Crippen molar-refractivity contribution in [1.82, 2.24) is 4.72 Å². The van der Waals surface area contributed by atoms with Crippen LogP contribution in [0.5, 0.6) is 0 Å². The molecule has 0 spiro atoms. The summed E-state index contributed by atoms with van der Waals surface area (Å²) < 4.78 is 39.8. The molecule has 1 aromatic carbocycles. The van der Waals surface area contributed by atoms with Crippen molar-refractivity contribution in [2.45, 2.75) is 11.4 Å². The SMILES string of the molecule is O=C(O)c1ccc(F)c(S(=O)(=O)NCc2cccs2)c1. The van der Waals surface area contributed by atoms with E-state index in [2.05, 4.69) is 4.72 Å². The van der Waals surface area contributed by atoms with E-state index in [1.165, 1.54) is 11.3 Å². The van der Waals surface area contributed by atoms with Gasteiger partial charge in [0.25, 0.3) is 0 Å². The molecule has 5 nitrogen and oxygen atoms in total. The Morgan fingerprint density at radius 3 is 2.70 bits per heavy atom. The highest BCUT2D eigenvalue weighted by Crippen LogP contribution is 2.17. The van der Waals surface area contributed by atoms with Crippen LogP contribution >= 0.6 is 11.3 Å². The quantitative estimate of drug-likeness (QED) is 0.884. The smallest absolute Gasteiger partial charge is 0.335 e. The Morgan fingerprint density at radius 1 is 1.35 bits per heavy atom. The van der Waals surface area contributed by atoms with Crippen molar-refractivity contribution < 1.29 is 22.7 Å². The summed E-state index contributed by atoms with van der Waals surface area (Å²) in [4.78, 5) is 10.9. The molecule has 1 heterocycles. The number of rotatable bonds is 5. The molecule has 0 amide bonds. The molecule has 1 aromatic heterocycles. The molecule has 20 heavy (non-hydrogen) atoms. The molecule has 0 saturated carbocycles. The number of benzene rings is 1. The van der Waals surface area contributed by atoms with E-state index in [9.17, 15) is 17.6 Å². The molecule has 2 rings (SSSR count). The van der Waals surface area contributed by atoms with Crippen molar-refractivity contribution >= 4 is 27.3 Å². The number of hydrogen-bond acceptors (Lipinski definition) is 4. The number of aromatic carboxylic acids is 1. The molecule has 8 heteroatoms. The Morgan fingerprint density at radius 2 is 2.10 bits per heavy atom. The standard InChI is InChI=1S/C12H10FNO4S2/c13-10-4-3-8(12(15)16)6-11(10)20(17,18)14-7-9-2-1-5-19-9/h1-6,14H,7H2,(H,15,16). The zero-order chi connectivity index (χ0) is 14.8. The number of thiophene rings is 1. The molecule has 0 bridgehead atoms. The maximum absolute atomic E-state index is 13.6. The maximum Gasteiger partial charge on any atom is 0.335 e. The van der Waals surface area contributed by atoms with Crippen LogP contribution in [0.15, 0.2) is 40.6 Å². The highest BCUT2D eigenvalue weighted by Gasteiger charge is 2.21. The summed E-state index contributed by atoms with van der Waals surface area (Å²) in [5.41, 5.74) is -0.289. The Labute approximate surface area is 118 Å². The van der Waals surface area contributed by atoms with Gasteiger partial charge in [-0.3, -0.25) is 0 Å². The van der Waals surface area contributed by atoms with Gasteiger partial charge in [-0.05, 0) is 29.6 Å². The fourth-order valence-corrected chi connectivity index (χ4v) is 3.34. The molecule has 0 aliphatic heterocycles. The maximum atomic E-state index is 13.6. The van der Waals surface area contributed by atoms with Crippen LogP contribution in [0.4, 0.5) is 4.39 Å². The lowest BCUT2D eigenvalue weighted by molar-refractivity contribution is 0.0696. The zero-order valence-electron chi connectivity index (χ0n) is 10.0. The van der Waals surface area contributed by atoms with Crippen LogP contribution < -0.4 is 4.72 Å². The number of hydrogen-bond donors (Lipinski definition) is 2. The largest absolute Gasteiger partial charge is 0.478 e. The van der Waals surface area contributed by atoms with E-state index in [-0.39, 0.29) is 12.1 Å². The van der Waals surface area contributed by atoms with Gasteiger partial charge in [0, 0.05) is 11.4 Å². The number of nitrogens with one attached hydrogen (secondary N) is 1. The van der Waals surface area contributed by atoms with Crippen molar-refractivity contribution in [1.29, 1.82) is 0 Å². The second kappa shape index (κ2) is 5.70. The third kappa shape index (κ3) is 3.21. The van der Waals surface area contributed by atoms with Gasteiger partial charge in [0.1, 0.15) is 10.7 Å². The second-order valence-corrected chi connectivity index (χ2v) is 6.62. The Bertz CT molecular complexity index is 726. The van der Waals surface area contributed by atoms with Crippen molar-refractivity contribution in [3.8, 4) is 0 Å². The van der Waals surface area contributed by atoms with Gasteiger partial charge in [0.2, 0.25) is 10.0 Å². The molecule has 0 atom stereocenters. The van der Waals surface area contributed by atoms with Crippen LogP contribution in [0.2, 0.25) is 0 Å². The molecule has 0 saturated heterocycles. The van der Waals surface area contributed by atoms with Crippen LogP contribution in [0.3, 0.4) is 0 Å². The van der Waals surface area contributed by atoms with Gasteiger partial charge >= 0.3 is 5.97 Å². The first kappa shape index (κ1) is 14.6. The molecule has 0 radical (unpaired) electrons. The highest BCUT2D eigenvalue weighted by molar-refractivity contribution is 7.89. The van der Waals surface area contributed by atoms with Crippen LogP contribution in [0, 0.1) is 5.82 Å². The molecule has 0 unspecified atom stereocenters. The summed E-state index contributed by atoms with van der Waals surface area (Å²) >= 11 is 1.36. The second-order valence-electron chi connectivity index (χ2n) is 3.85. The highest BCUT2D eigenvalue weighted by atomic mass is 32.2. The summed E-state index contributed by atoms with van der Waals surface area (Å²) in [7, 11) is -4.10. The van der Waals surface area contributed by atoms with Crippen LogP contribution in [-0.2, 0) is 16.6 Å². The van der Waals surface area contributed by atoms with Gasteiger partial charge in [0.15, 0.2) is 0 Å². The van der Waals surface area contributed by atoms with Gasteiger partial charge in [-0.2, -0.15) is 0 Å². The minimum Gasteiger partial charge on any atom is -0.478 e. The van der Waals surface area contributed by atoms with Crippen molar-refractivity contribution in [2.75, 3.05) is 0 Å². The minimum absolute atomic E-state index is 0.0245. The molecule has 2 aromatic rings. The van der Waals surface area contributed by atoms with E-state index in [4.69, 9.17) is 5.11 Å². The predicted molar refractivity (Wildman–Crippen MR) is 71.7 cm³/mol. The third-order valence-electron chi connectivity index (χ3n) is 2.48. The van der Waals surface area contributed by atoms with E-state index in [0.717, 1.165) is 23.1 Å². The topological polar surface area (TPSA) is 83.5 Å². The molecule has 2 N–H and O–H groups in total. The van der Waals surface area contributed by atoms with Gasteiger partial charge in [-0.1, -0.05) is 6.07 Å². The Kier molecular flexibility index (Phi) is 4.17. The fraction of sp³-hybridized carbons (Fsp3) is 0.0833. The minimum atomic E-state index is -4.10. The third-order valence-corrected chi connectivity index (χ3v) is 4.78. The van der Waals surface area contributed by atoms with Crippen molar-refractivity contribution in [3.63, 3.8) is 0 Å². The average molecular weight is 315 g/mol. The van der Waals surface area contributed by atoms with E-state index in [0.29, 0.717) is 0 Å². The monoisotopic (exact) mass is 315 g/mol. The summed E-state index contributed by atoms with van der Waals surface area (Å²) in [5, 5.41) is 10.6. The molecule has 0 aliphatic rings. The first-order valence-electron chi connectivity index (χ1n) is 5.45. The van der Waals surface area contributed by atoms with Gasteiger partial charge in [-0.25, -0.2) is 22.3 Å². The number of carboxylic acid groups (broad SMARTS) is 1. The van der Waals surface area contributed by atoms with Gasteiger partial charge < -0.3 is 5.11 Å². The number of sulfonamides is 1. The van der Waals surface area contributed by atoms with E-state index in [1.54, 1.807) is 17.5 Å². The Hall–Kier alpha value is -1.77. The predicted octanol–water partition coefficient (Wildman–Crippen LogP) is 2.06. The lowest BCUT2D eigenvalue weighted by Crippen LogP contribution is -2.24. The van der Waals surface area contributed by atoms with E-state index in [1.807, 2.05) is 0 Å². The average Bonchev–Trinajstić information content (AvgIpc) is 2.89. The first-order chi connectivity index (χ1) is 9.40. The van der Waals surface area contributed by atoms with Crippen LogP contribution in [-0.4, -0.2) is 19.5 Å². The number of halogens is 1. The summed E-state index contributed by atoms with van der Waals surface area (Å²) in [6, 6.07) is 6.13. The molecular formula is C12H10FNO4S2. The van der Waals surface area contributed by atoms with Crippen LogP contribution in [0.1, 0.15) is 15.2 Å². The molecule has 0 fully saturated rings.